The van der Waals surface area contributed by atoms with Crippen LogP contribution in [-0.2, 0) is 16.1 Å². The van der Waals surface area contributed by atoms with Crippen molar-refractivity contribution in [1.82, 2.24) is 19.5 Å². The first-order chi connectivity index (χ1) is 18.6. The van der Waals surface area contributed by atoms with Gasteiger partial charge in [0.2, 0.25) is 11.6 Å². The third-order valence-corrected chi connectivity index (χ3v) is 5.91. The highest BCUT2D eigenvalue weighted by molar-refractivity contribution is 6.27. The van der Waals surface area contributed by atoms with Crippen molar-refractivity contribution < 1.29 is 29.9 Å². The predicted molar refractivity (Wildman–Crippen MR) is 146 cm³/mol. The Bertz CT molecular complexity index is 1380. The molecule has 4 rings (SSSR count). The van der Waals surface area contributed by atoms with Crippen molar-refractivity contribution in [2.75, 3.05) is 17.2 Å². The van der Waals surface area contributed by atoms with E-state index in [4.69, 9.17) is 29.8 Å². The summed E-state index contributed by atoms with van der Waals surface area (Å²) in [7, 11) is 0. The number of carboxylic acid groups (broad SMARTS) is 2. The Kier molecular flexibility index (Phi) is 9.87. The number of anilines is 2. The first kappa shape index (κ1) is 29.0. The van der Waals surface area contributed by atoms with Crippen LogP contribution in [0.15, 0.2) is 55.0 Å². The number of H-pyrrole nitrogens is 1. The van der Waals surface area contributed by atoms with Gasteiger partial charge in [-0.15, -0.1) is 0 Å². The summed E-state index contributed by atoms with van der Waals surface area (Å²) in [4.78, 5) is 35.4. The molecule has 0 aliphatic heterocycles. The van der Waals surface area contributed by atoms with Crippen molar-refractivity contribution in [1.29, 1.82) is 0 Å². The number of carboxylic acids is 2. The molecule has 1 aromatic carbocycles. The zero-order valence-corrected chi connectivity index (χ0v) is 22.3. The smallest absolute Gasteiger partial charge is 0.414 e. The molecule has 39 heavy (non-hydrogen) atoms. The number of aromatic nitrogens is 5. The van der Waals surface area contributed by atoms with Gasteiger partial charge >= 0.3 is 11.9 Å². The summed E-state index contributed by atoms with van der Waals surface area (Å²) < 4.78 is 2.03. The van der Waals surface area contributed by atoms with Crippen LogP contribution in [-0.4, -0.2) is 59.4 Å². The molecule has 0 bridgehead atoms. The van der Waals surface area contributed by atoms with Crippen LogP contribution in [0.25, 0.3) is 22.4 Å². The van der Waals surface area contributed by atoms with Crippen molar-refractivity contribution in [3.05, 3.63) is 60.6 Å². The topological polar surface area (TPSA) is 177 Å². The van der Waals surface area contributed by atoms with E-state index in [-0.39, 0.29) is 24.6 Å². The quantitative estimate of drug-likeness (QED) is 0.200. The second-order valence-electron chi connectivity index (χ2n) is 9.43. The van der Waals surface area contributed by atoms with Crippen LogP contribution in [0.5, 0.6) is 0 Å². The Balaban J connectivity index is 0.000000631. The van der Waals surface area contributed by atoms with Gasteiger partial charge in [0.1, 0.15) is 0 Å². The van der Waals surface area contributed by atoms with E-state index in [1.165, 1.54) is 0 Å². The van der Waals surface area contributed by atoms with Crippen LogP contribution in [0.3, 0.4) is 0 Å². The van der Waals surface area contributed by atoms with Crippen LogP contribution in [0.1, 0.15) is 39.3 Å². The minimum absolute atomic E-state index is 0.0104. The van der Waals surface area contributed by atoms with Gasteiger partial charge in [0.05, 0.1) is 19.0 Å². The number of fused-ring (bicyclic) bond motifs is 1. The normalized spacial score (nSPS) is 11.7. The predicted octanol–water partition coefficient (Wildman–Crippen LogP) is 3.08. The standard InChI is InChI=1S/C25H31N7O.C2H2O4/c1-16(2)21(14-33)29-25-30-23(22-24(31-25)32(15-28-22)17(3)4)27-13-18-8-10-19(11-9-18)20-7-5-6-12-26-20;3-1(4)2(5)6/h5-12,15-17,21,33H,13-14H2,1-4H3,(H2,27,29,30,31);(H,3,4)(H,5,6)/p+1/t21-;/m0./s1. The van der Waals surface area contributed by atoms with E-state index in [9.17, 15) is 5.11 Å². The average Bonchev–Trinajstić information content (AvgIpc) is 3.36. The number of carbonyl (C=O) groups is 2. The number of aromatic amines is 1. The van der Waals surface area contributed by atoms with E-state index in [0.717, 1.165) is 28.0 Å². The van der Waals surface area contributed by atoms with Crippen LogP contribution >= 0.6 is 0 Å². The second-order valence-corrected chi connectivity index (χ2v) is 9.43. The van der Waals surface area contributed by atoms with Gasteiger partial charge in [-0.2, -0.15) is 9.97 Å². The van der Waals surface area contributed by atoms with E-state index in [0.29, 0.717) is 18.3 Å². The molecule has 12 heteroatoms. The number of nitrogens with zero attached hydrogens (tertiary/aromatic N) is 4. The molecule has 3 aromatic heterocycles. The summed E-state index contributed by atoms with van der Waals surface area (Å²) in [6.07, 6.45) is 3.73. The molecule has 0 unspecified atom stereocenters. The van der Waals surface area contributed by atoms with E-state index >= 15 is 0 Å². The largest absolute Gasteiger partial charge is 0.473 e. The Hall–Kier alpha value is -4.58. The molecule has 6 N–H and O–H groups in total. The maximum Gasteiger partial charge on any atom is 0.414 e. The number of benzene rings is 1. The second kappa shape index (κ2) is 13.3. The van der Waals surface area contributed by atoms with Gasteiger partial charge < -0.3 is 30.5 Å². The summed E-state index contributed by atoms with van der Waals surface area (Å²) in [6, 6.07) is 14.5. The fraction of sp³-hybridized carbons (Fsp3) is 0.333. The highest BCUT2D eigenvalue weighted by atomic mass is 16.4. The average molecular weight is 537 g/mol. The summed E-state index contributed by atoms with van der Waals surface area (Å²) in [5.74, 6) is -2.26. The lowest BCUT2D eigenvalue weighted by atomic mass is 10.1. The van der Waals surface area contributed by atoms with E-state index in [1.54, 1.807) is 6.33 Å². The molecule has 0 fully saturated rings. The highest BCUT2D eigenvalue weighted by Gasteiger charge is 2.18. The van der Waals surface area contributed by atoms with Gasteiger partial charge in [-0.25, -0.2) is 19.6 Å². The van der Waals surface area contributed by atoms with Gasteiger partial charge in [-0.05, 0) is 43.5 Å². The maximum absolute atomic E-state index is 9.75. The Labute approximate surface area is 225 Å². The lowest BCUT2D eigenvalue weighted by Crippen LogP contribution is -2.30. The molecule has 0 aliphatic carbocycles. The third kappa shape index (κ3) is 7.71. The monoisotopic (exact) mass is 536 g/mol. The van der Waals surface area contributed by atoms with E-state index in [2.05, 4.69) is 78.6 Å². The molecular weight excluding hydrogens is 502 g/mol. The number of hydrogen-bond donors (Lipinski definition) is 5. The van der Waals surface area contributed by atoms with Crippen molar-refractivity contribution >= 4 is 34.9 Å². The number of hydrogen-bond acceptors (Lipinski definition) is 8. The molecule has 0 amide bonds. The lowest BCUT2D eigenvalue weighted by molar-refractivity contribution is -0.364. The zero-order chi connectivity index (χ0) is 28.5. The molecule has 1 atom stereocenters. The number of nitrogens with one attached hydrogen (secondary N) is 3. The fourth-order valence-electron chi connectivity index (χ4n) is 3.63. The third-order valence-electron chi connectivity index (χ3n) is 5.91. The number of aliphatic carboxylic acids is 2. The van der Waals surface area contributed by atoms with Gasteiger partial charge in [0, 0.05) is 30.3 Å². The van der Waals surface area contributed by atoms with Gasteiger partial charge in [-0.1, -0.05) is 26.0 Å². The first-order valence-corrected chi connectivity index (χ1v) is 12.5. The van der Waals surface area contributed by atoms with Crippen molar-refractivity contribution in [3.8, 4) is 11.3 Å². The molecule has 0 radical (unpaired) electrons. The van der Waals surface area contributed by atoms with Gasteiger partial charge in [0.15, 0.2) is 23.2 Å². The fourth-order valence-corrected chi connectivity index (χ4v) is 3.63. The molecule has 0 saturated heterocycles. The Morgan fingerprint density at radius 2 is 1.69 bits per heavy atom. The molecule has 0 saturated carbocycles. The van der Waals surface area contributed by atoms with E-state index in [1.807, 2.05) is 22.9 Å². The summed E-state index contributed by atoms with van der Waals surface area (Å²) in [5.41, 5.74) is 4.84. The number of aliphatic hydroxyl groups excluding tert-OH is 1. The van der Waals surface area contributed by atoms with Crippen molar-refractivity contribution in [2.24, 2.45) is 5.92 Å². The lowest BCUT2D eigenvalue weighted by Gasteiger charge is -2.20. The molecule has 0 spiro atoms. The summed E-state index contributed by atoms with van der Waals surface area (Å²) >= 11 is 0. The molecular formula is C27H34N7O5+. The Morgan fingerprint density at radius 1 is 1.00 bits per heavy atom. The van der Waals surface area contributed by atoms with Crippen LogP contribution < -0.4 is 15.6 Å². The molecule has 12 nitrogen and oxygen atoms in total. The van der Waals surface area contributed by atoms with Crippen molar-refractivity contribution in [2.45, 2.75) is 46.3 Å². The van der Waals surface area contributed by atoms with Crippen LogP contribution in [0, 0.1) is 5.92 Å². The number of imidazole rings is 1. The van der Waals surface area contributed by atoms with Gasteiger partial charge in [-0.3, -0.25) is 0 Å². The van der Waals surface area contributed by atoms with E-state index < -0.39 is 11.9 Å². The number of aliphatic hydroxyl groups is 1. The van der Waals surface area contributed by atoms with Crippen LogP contribution in [0.2, 0.25) is 0 Å². The minimum Gasteiger partial charge on any atom is -0.473 e. The highest BCUT2D eigenvalue weighted by Crippen LogP contribution is 2.25. The first-order valence-electron chi connectivity index (χ1n) is 12.5. The molecule has 3 heterocycles. The van der Waals surface area contributed by atoms with Crippen molar-refractivity contribution in [3.63, 3.8) is 0 Å². The zero-order valence-electron chi connectivity index (χ0n) is 22.3. The number of rotatable bonds is 9. The summed E-state index contributed by atoms with van der Waals surface area (Å²) in [5, 5.41) is 31.3. The van der Waals surface area contributed by atoms with Crippen LogP contribution in [0.4, 0.5) is 11.8 Å². The summed E-state index contributed by atoms with van der Waals surface area (Å²) in [6.45, 7) is 8.92. The minimum atomic E-state index is -1.82. The molecule has 4 aromatic rings. The van der Waals surface area contributed by atoms with Gasteiger partial charge in [0.25, 0.3) is 0 Å². The molecule has 206 valence electrons. The molecule has 0 aliphatic rings. The number of pyridine rings is 1. The maximum atomic E-state index is 9.75. The SMILES string of the molecule is CC(C)[C@H](CO)Nc1nc(NCc2ccc(-c3cccc[nH+]3)cc2)c2ncn(C(C)C)c2n1.O=C(O)C(=O)O. The Morgan fingerprint density at radius 3 is 2.23 bits per heavy atom.